The molecule has 7 heteroatoms. The van der Waals surface area contributed by atoms with Crippen LogP contribution in [0.3, 0.4) is 0 Å². The third kappa shape index (κ3) is 3.99. The molecule has 0 N–H and O–H groups in total. The van der Waals surface area contributed by atoms with Crippen molar-refractivity contribution >= 4 is 39.2 Å². The van der Waals surface area contributed by atoms with E-state index in [1.807, 2.05) is 0 Å². The van der Waals surface area contributed by atoms with Gasteiger partial charge in [0, 0.05) is 23.9 Å². The number of amides is 1. The first-order valence-corrected chi connectivity index (χ1v) is 10.8. The summed E-state index contributed by atoms with van der Waals surface area (Å²) in [4.78, 5) is 25.6. The summed E-state index contributed by atoms with van der Waals surface area (Å²) >= 11 is 3.25. The molecule has 1 amide bonds. The first-order chi connectivity index (χ1) is 13.1. The van der Waals surface area contributed by atoms with Gasteiger partial charge in [-0.2, -0.15) is 0 Å². The molecule has 0 radical (unpaired) electrons. The number of aromatic nitrogens is 2. The van der Waals surface area contributed by atoms with Gasteiger partial charge >= 0.3 is 0 Å². The number of nitrogens with zero attached hydrogens (tertiary/aromatic N) is 3. The maximum Gasteiger partial charge on any atom is 0.233 e. The van der Waals surface area contributed by atoms with Crippen molar-refractivity contribution in [3.63, 3.8) is 0 Å². The number of hydrogen-bond donors (Lipinski definition) is 0. The highest BCUT2D eigenvalue weighted by Gasteiger charge is 2.21. The van der Waals surface area contributed by atoms with Crippen LogP contribution in [0.2, 0.25) is 0 Å². The predicted octanol–water partition coefficient (Wildman–Crippen LogP) is 4.46. The lowest BCUT2D eigenvalue weighted by atomic mass is 9.97. The minimum atomic E-state index is -0.268. The van der Waals surface area contributed by atoms with Crippen molar-refractivity contribution in [1.82, 2.24) is 14.9 Å². The van der Waals surface area contributed by atoms with Gasteiger partial charge in [0.05, 0.1) is 5.75 Å². The summed E-state index contributed by atoms with van der Waals surface area (Å²) in [5.41, 5.74) is 2.30. The van der Waals surface area contributed by atoms with Gasteiger partial charge in [0.2, 0.25) is 5.91 Å². The Bertz CT molecular complexity index is 971. The first-order valence-electron chi connectivity index (χ1n) is 8.98. The molecule has 1 aliphatic carbocycles. The second-order valence-corrected chi connectivity index (χ2v) is 8.78. The summed E-state index contributed by atoms with van der Waals surface area (Å²) in [6.07, 6.45) is 6.24. The Hall–Kier alpha value is -1.99. The third-order valence-corrected chi connectivity index (χ3v) is 6.98. The zero-order valence-electron chi connectivity index (χ0n) is 15.1. The van der Waals surface area contributed by atoms with Crippen molar-refractivity contribution in [2.45, 2.75) is 37.3 Å². The number of thioether (sulfide) groups is 1. The zero-order chi connectivity index (χ0) is 18.8. The molecular formula is C20H20FN3OS2. The van der Waals surface area contributed by atoms with E-state index in [1.165, 1.54) is 47.2 Å². The SMILES string of the molecule is CN(Cc1ccc(F)cc1)C(=O)CSc1ncnc2sc3c(c12)CCCC3. The van der Waals surface area contributed by atoms with E-state index in [1.54, 1.807) is 41.7 Å². The summed E-state index contributed by atoms with van der Waals surface area (Å²) in [6, 6.07) is 6.25. The Morgan fingerprint density at radius 3 is 2.81 bits per heavy atom. The summed E-state index contributed by atoms with van der Waals surface area (Å²) in [6.45, 7) is 0.465. The number of hydrogen-bond acceptors (Lipinski definition) is 5. The summed E-state index contributed by atoms with van der Waals surface area (Å²) in [5.74, 6) is 0.0874. The Labute approximate surface area is 165 Å². The zero-order valence-corrected chi connectivity index (χ0v) is 16.7. The van der Waals surface area contributed by atoms with Crippen LogP contribution in [0.25, 0.3) is 10.2 Å². The fraction of sp³-hybridized carbons (Fsp3) is 0.350. The van der Waals surface area contributed by atoms with Gasteiger partial charge in [-0.05, 0) is 48.9 Å². The van der Waals surface area contributed by atoms with Crippen LogP contribution in [0.4, 0.5) is 4.39 Å². The summed E-state index contributed by atoms with van der Waals surface area (Å²) in [5, 5.41) is 2.05. The van der Waals surface area contributed by atoms with Gasteiger partial charge < -0.3 is 4.90 Å². The normalized spacial score (nSPS) is 13.6. The van der Waals surface area contributed by atoms with Crippen LogP contribution in [0, 0.1) is 5.82 Å². The van der Waals surface area contributed by atoms with Gasteiger partial charge in [0.1, 0.15) is 22.0 Å². The molecule has 1 aromatic carbocycles. The number of carbonyl (C=O) groups excluding carboxylic acids is 1. The van der Waals surface area contributed by atoms with E-state index in [0.29, 0.717) is 12.3 Å². The Morgan fingerprint density at radius 1 is 1.22 bits per heavy atom. The molecule has 4 nitrogen and oxygen atoms in total. The van der Waals surface area contributed by atoms with Gasteiger partial charge in [-0.25, -0.2) is 14.4 Å². The molecule has 0 spiro atoms. The number of carbonyl (C=O) groups is 1. The molecule has 0 atom stereocenters. The first kappa shape index (κ1) is 18.4. The highest BCUT2D eigenvalue weighted by Crippen LogP contribution is 2.39. The molecule has 0 bridgehead atoms. The van der Waals surface area contributed by atoms with E-state index in [0.717, 1.165) is 33.6 Å². The van der Waals surface area contributed by atoms with Crippen LogP contribution >= 0.6 is 23.1 Å². The number of thiophene rings is 1. The highest BCUT2D eigenvalue weighted by atomic mass is 32.2. The average molecular weight is 402 g/mol. The fourth-order valence-electron chi connectivity index (χ4n) is 3.36. The second kappa shape index (κ2) is 7.94. The number of fused-ring (bicyclic) bond motifs is 3. The lowest BCUT2D eigenvalue weighted by Gasteiger charge is -2.17. The summed E-state index contributed by atoms with van der Waals surface area (Å²) < 4.78 is 13.0. The minimum Gasteiger partial charge on any atom is -0.341 e. The predicted molar refractivity (Wildman–Crippen MR) is 108 cm³/mol. The lowest BCUT2D eigenvalue weighted by Crippen LogP contribution is -2.27. The number of rotatable bonds is 5. The van der Waals surface area contributed by atoms with Crippen molar-refractivity contribution in [3.8, 4) is 0 Å². The average Bonchev–Trinajstić information content (AvgIpc) is 3.07. The molecule has 3 aromatic rings. The van der Waals surface area contributed by atoms with Gasteiger partial charge in [0.15, 0.2) is 0 Å². The maximum absolute atomic E-state index is 13.0. The molecule has 4 rings (SSSR count). The fourth-order valence-corrected chi connectivity index (χ4v) is 5.62. The molecule has 140 valence electrons. The van der Waals surface area contributed by atoms with Crippen molar-refractivity contribution in [1.29, 1.82) is 0 Å². The number of benzene rings is 1. The largest absolute Gasteiger partial charge is 0.341 e. The van der Waals surface area contributed by atoms with E-state index in [4.69, 9.17) is 0 Å². The van der Waals surface area contributed by atoms with Crippen LogP contribution in [0.5, 0.6) is 0 Å². The molecule has 0 fully saturated rings. The van der Waals surface area contributed by atoms with Crippen LogP contribution in [-0.4, -0.2) is 33.6 Å². The molecule has 2 aromatic heterocycles. The van der Waals surface area contributed by atoms with Crippen molar-refractivity contribution in [2.24, 2.45) is 0 Å². The molecule has 0 saturated carbocycles. The van der Waals surface area contributed by atoms with Crippen molar-refractivity contribution < 1.29 is 9.18 Å². The van der Waals surface area contributed by atoms with Gasteiger partial charge in [-0.15, -0.1) is 11.3 Å². The van der Waals surface area contributed by atoms with Gasteiger partial charge in [-0.1, -0.05) is 23.9 Å². The van der Waals surface area contributed by atoms with E-state index in [9.17, 15) is 9.18 Å². The van der Waals surface area contributed by atoms with E-state index >= 15 is 0 Å². The maximum atomic E-state index is 13.0. The molecule has 27 heavy (non-hydrogen) atoms. The van der Waals surface area contributed by atoms with Crippen LogP contribution in [0.1, 0.15) is 28.8 Å². The monoisotopic (exact) mass is 401 g/mol. The molecular weight excluding hydrogens is 381 g/mol. The quantitative estimate of drug-likeness (QED) is 0.468. The van der Waals surface area contributed by atoms with Crippen LogP contribution in [-0.2, 0) is 24.2 Å². The van der Waals surface area contributed by atoms with E-state index < -0.39 is 0 Å². The van der Waals surface area contributed by atoms with Gasteiger partial charge in [0.25, 0.3) is 0 Å². The lowest BCUT2D eigenvalue weighted by molar-refractivity contribution is -0.127. The topological polar surface area (TPSA) is 46.1 Å². The van der Waals surface area contributed by atoms with Crippen LogP contribution in [0.15, 0.2) is 35.6 Å². The second-order valence-electron chi connectivity index (χ2n) is 6.73. The van der Waals surface area contributed by atoms with Crippen molar-refractivity contribution in [3.05, 3.63) is 52.4 Å². The smallest absolute Gasteiger partial charge is 0.233 e. The molecule has 0 aliphatic heterocycles. The Balaban J connectivity index is 1.46. The molecule has 0 saturated heterocycles. The Kier molecular flexibility index (Phi) is 5.41. The molecule has 0 unspecified atom stereocenters. The minimum absolute atomic E-state index is 0.0279. The van der Waals surface area contributed by atoms with Crippen molar-refractivity contribution in [2.75, 3.05) is 12.8 Å². The Morgan fingerprint density at radius 2 is 2.00 bits per heavy atom. The van der Waals surface area contributed by atoms with E-state index in [-0.39, 0.29) is 11.7 Å². The number of halogens is 1. The number of aryl methyl sites for hydroxylation is 2. The van der Waals surface area contributed by atoms with Crippen LogP contribution < -0.4 is 0 Å². The third-order valence-electron chi connectivity index (χ3n) is 4.81. The molecule has 2 heterocycles. The standard InChI is InChI=1S/C20H20FN3OS2/c1-24(10-13-6-8-14(21)9-7-13)17(25)11-26-19-18-15-4-2-3-5-16(15)27-20(18)23-12-22-19/h6-9,12H,2-5,10-11H2,1H3. The summed E-state index contributed by atoms with van der Waals surface area (Å²) in [7, 11) is 1.77. The highest BCUT2D eigenvalue weighted by molar-refractivity contribution is 8.00. The van der Waals surface area contributed by atoms with Gasteiger partial charge in [-0.3, -0.25) is 4.79 Å². The molecule has 1 aliphatic rings. The van der Waals surface area contributed by atoms with E-state index in [2.05, 4.69) is 9.97 Å².